The highest BCUT2D eigenvalue weighted by Gasteiger charge is 2.16. The summed E-state index contributed by atoms with van der Waals surface area (Å²) in [5.41, 5.74) is 1.08. The van der Waals surface area contributed by atoms with Gasteiger partial charge >= 0.3 is 0 Å². The van der Waals surface area contributed by atoms with Crippen LogP contribution in [0.15, 0.2) is 70.2 Å². The minimum atomic E-state index is -3.84. The van der Waals surface area contributed by atoms with E-state index in [2.05, 4.69) is 35.9 Å². The molecule has 0 unspecified atom stereocenters. The number of sulfonamides is 1. The molecule has 29 heavy (non-hydrogen) atoms. The first-order chi connectivity index (χ1) is 13.8. The predicted molar refractivity (Wildman–Crippen MR) is 112 cm³/mol. The Morgan fingerprint density at radius 1 is 1.07 bits per heavy atom. The van der Waals surface area contributed by atoms with Crippen LogP contribution in [0, 0.1) is 6.92 Å². The highest BCUT2D eigenvalue weighted by Crippen LogP contribution is 2.18. The van der Waals surface area contributed by atoms with Gasteiger partial charge in [0.05, 0.1) is 4.90 Å². The molecule has 0 radical (unpaired) electrons. The quantitative estimate of drug-likeness (QED) is 0.540. The van der Waals surface area contributed by atoms with Gasteiger partial charge in [-0.25, -0.2) is 23.1 Å². The number of amides is 1. The number of benzene rings is 2. The van der Waals surface area contributed by atoms with Crippen LogP contribution in [0.5, 0.6) is 5.75 Å². The molecular formula is C19H17BrN4O4S. The van der Waals surface area contributed by atoms with Crippen LogP contribution in [0.25, 0.3) is 0 Å². The van der Waals surface area contributed by atoms with Crippen molar-refractivity contribution in [3.05, 3.63) is 71.0 Å². The lowest BCUT2D eigenvalue weighted by Crippen LogP contribution is -2.20. The van der Waals surface area contributed by atoms with Crippen molar-refractivity contribution in [2.75, 3.05) is 16.6 Å². The summed E-state index contributed by atoms with van der Waals surface area (Å²) in [6.45, 7) is 1.56. The highest BCUT2D eigenvalue weighted by atomic mass is 79.9. The summed E-state index contributed by atoms with van der Waals surface area (Å²) in [6.07, 6.45) is 1.47. The van der Waals surface area contributed by atoms with Crippen LogP contribution in [0.4, 0.5) is 11.6 Å². The average molecular weight is 477 g/mol. The Kier molecular flexibility index (Phi) is 6.45. The SMILES string of the molecule is Cc1ccnc(NS(=O)(=O)c2ccc(NC(=O)COc3ccc(Br)cc3)cc2)n1. The number of aryl methyl sites for hydroxylation is 1. The summed E-state index contributed by atoms with van der Waals surface area (Å²) >= 11 is 3.32. The zero-order valence-electron chi connectivity index (χ0n) is 15.3. The van der Waals surface area contributed by atoms with E-state index in [9.17, 15) is 13.2 Å². The summed E-state index contributed by atoms with van der Waals surface area (Å²) in [5.74, 6) is 0.191. The normalized spacial score (nSPS) is 11.0. The standard InChI is InChI=1S/C19H17BrN4O4S/c1-13-10-11-21-19(22-13)24-29(26,27)17-8-4-15(5-9-17)23-18(25)12-28-16-6-2-14(20)3-7-16/h2-11H,12H2,1H3,(H,23,25)(H,21,22,24). The summed E-state index contributed by atoms with van der Waals surface area (Å²) in [6, 6.07) is 14.5. The number of rotatable bonds is 7. The third kappa shape index (κ3) is 6.00. The lowest BCUT2D eigenvalue weighted by molar-refractivity contribution is -0.118. The lowest BCUT2D eigenvalue weighted by atomic mass is 10.3. The second kappa shape index (κ2) is 9.01. The van der Waals surface area contributed by atoms with Crippen LogP contribution in [-0.4, -0.2) is 30.9 Å². The monoisotopic (exact) mass is 476 g/mol. The zero-order valence-corrected chi connectivity index (χ0v) is 17.7. The largest absolute Gasteiger partial charge is 0.484 e. The van der Waals surface area contributed by atoms with Gasteiger partial charge in [0, 0.05) is 22.1 Å². The number of halogens is 1. The van der Waals surface area contributed by atoms with E-state index < -0.39 is 10.0 Å². The number of hydrogen-bond donors (Lipinski definition) is 2. The summed E-state index contributed by atoms with van der Waals surface area (Å²) in [5, 5.41) is 2.65. The van der Waals surface area contributed by atoms with Gasteiger partial charge in [0.25, 0.3) is 15.9 Å². The van der Waals surface area contributed by atoms with Gasteiger partial charge in [0.15, 0.2) is 6.61 Å². The molecule has 0 aliphatic heterocycles. The fourth-order valence-corrected chi connectivity index (χ4v) is 3.49. The zero-order chi connectivity index (χ0) is 20.9. The number of nitrogens with zero attached hydrogens (tertiary/aromatic N) is 2. The molecule has 8 nitrogen and oxygen atoms in total. The number of hydrogen-bond acceptors (Lipinski definition) is 6. The van der Waals surface area contributed by atoms with Crippen molar-refractivity contribution in [3.8, 4) is 5.75 Å². The topological polar surface area (TPSA) is 110 Å². The summed E-state index contributed by atoms with van der Waals surface area (Å²) in [7, 11) is -3.84. The Labute approximate surface area is 176 Å². The van der Waals surface area contributed by atoms with E-state index in [0.717, 1.165) is 4.47 Å². The molecule has 3 aromatic rings. The first kappa shape index (κ1) is 20.7. The Balaban J connectivity index is 1.58. The smallest absolute Gasteiger partial charge is 0.264 e. The van der Waals surface area contributed by atoms with Crippen LogP contribution in [0.3, 0.4) is 0 Å². The fourth-order valence-electron chi connectivity index (χ4n) is 2.27. The molecule has 0 atom stereocenters. The van der Waals surface area contributed by atoms with Gasteiger partial charge in [-0.15, -0.1) is 0 Å². The Hall–Kier alpha value is -2.98. The molecule has 2 N–H and O–H groups in total. The van der Waals surface area contributed by atoms with Crippen LogP contribution < -0.4 is 14.8 Å². The molecule has 2 aromatic carbocycles. The number of anilines is 2. The molecule has 0 saturated carbocycles. The van der Waals surface area contributed by atoms with Crippen LogP contribution in [0.2, 0.25) is 0 Å². The minimum Gasteiger partial charge on any atom is -0.484 e. The van der Waals surface area contributed by atoms with Gasteiger partial charge in [0.1, 0.15) is 5.75 Å². The maximum atomic E-state index is 12.4. The average Bonchev–Trinajstić information content (AvgIpc) is 2.68. The fraction of sp³-hybridized carbons (Fsp3) is 0.105. The van der Waals surface area contributed by atoms with Gasteiger partial charge in [-0.1, -0.05) is 15.9 Å². The van der Waals surface area contributed by atoms with Crippen LogP contribution >= 0.6 is 15.9 Å². The van der Waals surface area contributed by atoms with Gasteiger partial charge in [0.2, 0.25) is 5.95 Å². The lowest BCUT2D eigenvalue weighted by Gasteiger charge is -2.09. The number of carbonyl (C=O) groups excluding carboxylic acids is 1. The Morgan fingerprint density at radius 2 is 1.76 bits per heavy atom. The molecule has 3 rings (SSSR count). The van der Waals surface area contributed by atoms with Crippen molar-refractivity contribution in [3.63, 3.8) is 0 Å². The molecule has 150 valence electrons. The van der Waals surface area contributed by atoms with Gasteiger partial charge in [-0.05, 0) is 61.5 Å². The third-order valence-corrected chi connectivity index (χ3v) is 5.53. The Bertz CT molecular complexity index is 1100. The molecule has 0 aliphatic carbocycles. The molecule has 0 aliphatic rings. The van der Waals surface area contributed by atoms with E-state index in [0.29, 0.717) is 17.1 Å². The molecule has 0 bridgehead atoms. The minimum absolute atomic E-state index is 0.00697. The van der Waals surface area contributed by atoms with Crippen molar-refractivity contribution >= 4 is 43.5 Å². The van der Waals surface area contributed by atoms with Gasteiger partial charge in [-0.3, -0.25) is 4.79 Å². The van der Waals surface area contributed by atoms with Gasteiger partial charge in [-0.2, -0.15) is 0 Å². The van der Waals surface area contributed by atoms with E-state index in [1.54, 1.807) is 25.1 Å². The molecule has 1 heterocycles. The van der Waals surface area contributed by atoms with E-state index in [1.165, 1.54) is 30.5 Å². The molecule has 1 amide bonds. The second-order valence-corrected chi connectivity index (χ2v) is 8.54. The predicted octanol–water partition coefficient (Wildman–Crippen LogP) is 3.37. The molecular weight excluding hydrogens is 460 g/mol. The second-order valence-electron chi connectivity index (χ2n) is 5.94. The van der Waals surface area contributed by atoms with E-state index in [-0.39, 0.29) is 23.4 Å². The van der Waals surface area contributed by atoms with Crippen molar-refractivity contribution in [2.45, 2.75) is 11.8 Å². The van der Waals surface area contributed by atoms with Crippen molar-refractivity contribution in [1.29, 1.82) is 0 Å². The van der Waals surface area contributed by atoms with E-state index >= 15 is 0 Å². The van der Waals surface area contributed by atoms with Crippen molar-refractivity contribution < 1.29 is 17.9 Å². The van der Waals surface area contributed by atoms with Crippen LogP contribution in [0.1, 0.15) is 5.69 Å². The first-order valence-corrected chi connectivity index (χ1v) is 10.7. The number of aromatic nitrogens is 2. The molecule has 10 heteroatoms. The molecule has 0 saturated heterocycles. The molecule has 0 spiro atoms. The van der Waals surface area contributed by atoms with E-state index in [1.807, 2.05) is 12.1 Å². The summed E-state index contributed by atoms with van der Waals surface area (Å²) < 4.78 is 33.5. The number of nitrogens with one attached hydrogen (secondary N) is 2. The number of carbonyl (C=O) groups is 1. The first-order valence-electron chi connectivity index (χ1n) is 8.42. The van der Waals surface area contributed by atoms with Crippen molar-refractivity contribution in [1.82, 2.24) is 9.97 Å². The third-order valence-electron chi connectivity index (χ3n) is 3.65. The maximum absolute atomic E-state index is 12.4. The maximum Gasteiger partial charge on any atom is 0.264 e. The molecule has 0 fully saturated rings. The summed E-state index contributed by atoms with van der Waals surface area (Å²) in [4.78, 5) is 19.9. The molecule has 1 aromatic heterocycles. The van der Waals surface area contributed by atoms with Crippen LogP contribution in [-0.2, 0) is 14.8 Å². The van der Waals surface area contributed by atoms with Gasteiger partial charge < -0.3 is 10.1 Å². The number of ether oxygens (including phenoxy) is 1. The van der Waals surface area contributed by atoms with E-state index in [4.69, 9.17) is 4.74 Å². The van der Waals surface area contributed by atoms with Crippen molar-refractivity contribution in [2.24, 2.45) is 0 Å². The highest BCUT2D eigenvalue weighted by molar-refractivity contribution is 9.10. The Morgan fingerprint density at radius 3 is 2.41 bits per heavy atom.